The maximum Gasteiger partial charge on any atom is 0.341 e. The highest BCUT2D eigenvalue weighted by Crippen LogP contribution is 2.39. The van der Waals surface area contributed by atoms with E-state index in [1.807, 2.05) is 0 Å². The van der Waals surface area contributed by atoms with E-state index >= 15 is 0 Å². The number of hydrogen-bond acceptors (Lipinski definition) is 5. The number of phenols is 2. The van der Waals surface area contributed by atoms with E-state index in [2.05, 4.69) is 6.92 Å². The number of carboxylic acids is 1. The van der Waals surface area contributed by atoms with Crippen molar-refractivity contribution >= 4 is 11.9 Å². The summed E-state index contributed by atoms with van der Waals surface area (Å²) in [5.74, 6) is -2.74. The van der Waals surface area contributed by atoms with Gasteiger partial charge in [0.05, 0.1) is 6.61 Å². The number of carboxylic acid groups (broad SMARTS) is 1. The van der Waals surface area contributed by atoms with Crippen molar-refractivity contribution in [2.75, 3.05) is 6.61 Å². The molecule has 2 aromatic rings. The number of esters is 1. The highest BCUT2D eigenvalue weighted by molar-refractivity contribution is 5.98. The average Bonchev–Trinajstić information content (AvgIpc) is 2.82. The van der Waals surface area contributed by atoms with Crippen LogP contribution >= 0.6 is 0 Å². The summed E-state index contributed by atoms with van der Waals surface area (Å²) in [6.45, 7) is 2.51. The first-order chi connectivity index (χ1) is 16.5. The lowest BCUT2D eigenvalue weighted by Gasteiger charge is -2.12. The lowest BCUT2D eigenvalue weighted by atomic mass is 9.98. The smallest absolute Gasteiger partial charge is 0.341 e. The Labute approximate surface area is 202 Å². The minimum Gasteiger partial charge on any atom is -0.506 e. The van der Waals surface area contributed by atoms with Crippen molar-refractivity contribution in [2.24, 2.45) is 0 Å². The summed E-state index contributed by atoms with van der Waals surface area (Å²) >= 11 is 0. The van der Waals surface area contributed by atoms with Crippen molar-refractivity contribution in [1.29, 1.82) is 0 Å². The zero-order chi connectivity index (χ0) is 24.8. The van der Waals surface area contributed by atoms with Gasteiger partial charge >= 0.3 is 11.9 Å². The second-order valence-corrected chi connectivity index (χ2v) is 8.73. The van der Waals surface area contributed by atoms with E-state index in [9.17, 15) is 24.9 Å². The van der Waals surface area contributed by atoms with E-state index in [-0.39, 0.29) is 34.6 Å². The summed E-state index contributed by atoms with van der Waals surface area (Å²) in [5.41, 5.74) is 0.00170. The van der Waals surface area contributed by atoms with Gasteiger partial charge in [-0.25, -0.2) is 9.59 Å². The van der Waals surface area contributed by atoms with Gasteiger partial charge < -0.3 is 20.1 Å². The number of unbranched alkanes of at least 4 members (excludes halogenated alkanes) is 11. The van der Waals surface area contributed by atoms with E-state index in [1.165, 1.54) is 88.1 Å². The van der Waals surface area contributed by atoms with Gasteiger partial charge in [-0.1, -0.05) is 102 Å². The number of phenolic OH excluding ortho intramolecular Hbond substituents is 1. The normalized spacial score (nSPS) is 10.9. The van der Waals surface area contributed by atoms with E-state index < -0.39 is 17.7 Å². The fourth-order valence-corrected chi connectivity index (χ4v) is 4.04. The van der Waals surface area contributed by atoms with Gasteiger partial charge in [0.2, 0.25) is 0 Å². The molecule has 6 nitrogen and oxygen atoms in total. The van der Waals surface area contributed by atoms with Crippen LogP contribution in [0.25, 0.3) is 11.1 Å². The fourth-order valence-electron chi connectivity index (χ4n) is 4.04. The Bertz CT molecular complexity index is 921. The largest absolute Gasteiger partial charge is 0.506 e. The molecule has 0 aliphatic rings. The zero-order valence-corrected chi connectivity index (χ0v) is 20.2. The molecule has 0 aliphatic heterocycles. The molecule has 186 valence electrons. The van der Waals surface area contributed by atoms with E-state index in [0.29, 0.717) is 0 Å². The Morgan fingerprint density at radius 3 is 1.62 bits per heavy atom. The number of aromatic hydroxyl groups is 2. The molecular weight excluding hydrogens is 432 g/mol. The molecule has 6 heteroatoms. The van der Waals surface area contributed by atoms with Gasteiger partial charge in [-0.3, -0.25) is 0 Å². The van der Waals surface area contributed by atoms with Crippen molar-refractivity contribution in [3.05, 3.63) is 47.5 Å². The number of carbonyl (C=O) groups is 2. The van der Waals surface area contributed by atoms with Gasteiger partial charge in [-0.05, 0) is 18.6 Å². The monoisotopic (exact) mass is 470 g/mol. The standard InChI is InChI=1S/C28H38O6/c1-2-3-4-5-6-7-8-9-10-11-12-13-20-34-28(33)24-19-15-17-22(26(24)30)21-16-14-18-23(25(21)29)27(31)32/h14-19,29-30H,2-13,20H2,1H3,(H,31,32). The molecule has 0 fully saturated rings. The van der Waals surface area contributed by atoms with Crippen molar-refractivity contribution < 1.29 is 29.6 Å². The first-order valence-corrected chi connectivity index (χ1v) is 12.5. The Morgan fingerprint density at radius 2 is 1.12 bits per heavy atom. The second kappa shape index (κ2) is 15.0. The average molecular weight is 471 g/mol. The van der Waals surface area contributed by atoms with Crippen LogP contribution in [-0.2, 0) is 4.74 Å². The number of rotatable bonds is 16. The summed E-state index contributed by atoms with van der Waals surface area (Å²) in [6.07, 6.45) is 14.6. The molecule has 0 unspecified atom stereocenters. The summed E-state index contributed by atoms with van der Waals surface area (Å²) in [5, 5.41) is 30.1. The molecule has 2 aromatic carbocycles. The van der Waals surface area contributed by atoms with Crippen LogP contribution in [0.15, 0.2) is 36.4 Å². The van der Waals surface area contributed by atoms with Crippen molar-refractivity contribution in [3.63, 3.8) is 0 Å². The molecule has 2 rings (SSSR count). The zero-order valence-electron chi connectivity index (χ0n) is 20.2. The van der Waals surface area contributed by atoms with Crippen LogP contribution in [0.1, 0.15) is 105 Å². The first kappa shape index (κ1) is 27.2. The molecule has 34 heavy (non-hydrogen) atoms. The van der Waals surface area contributed by atoms with Gasteiger partial charge in [0.1, 0.15) is 22.6 Å². The van der Waals surface area contributed by atoms with Crippen LogP contribution < -0.4 is 0 Å². The van der Waals surface area contributed by atoms with Crippen molar-refractivity contribution in [1.82, 2.24) is 0 Å². The van der Waals surface area contributed by atoms with Crippen LogP contribution in [0.3, 0.4) is 0 Å². The molecule has 0 bridgehead atoms. The van der Waals surface area contributed by atoms with Gasteiger partial charge in [-0.15, -0.1) is 0 Å². The number of carbonyl (C=O) groups excluding carboxylic acids is 1. The van der Waals surface area contributed by atoms with Crippen molar-refractivity contribution in [2.45, 2.75) is 84.0 Å². The van der Waals surface area contributed by atoms with Gasteiger partial charge in [0.15, 0.2) is 0 Å². The number of para-hydroxylation sites is 2. The third-order valence-corrected chi connectivity index (χ3v) is 6.04. The Kier molecular flexibility index (Phi) is 12.0. The van der Waals surface area contributed by atoms with E-state index in [0.717, 1.165) is 19.3 Å². The molecular formula is C28H38O6. The first-order valence-electron chi connectivity index (χ1n) is 12.5. The van der Waals surface area contributed by atoms with Gasteiger partial charge in [-0.2, -0.15) is 0 Å². The molecule has 0 amide bonds. The third kappa shape index (κ3) is 8.40. The van der Waals surface area contributed by atoms with Crippen LogP contribution in [-0.4, -0.2) is 33.9 Å². The Hall–Kier alpha value is -3.02. The number of aromatic carboxylic acids is 1. The highest BCUT2D eigenvalue weighted by Gasteiger charge is 2.20. The van der Waals surface area contributed by atoms with E-state index in [1.54, 1.807) is 6.07 Å². The summed E-state index contributed by atoms with van der Waals surface area (Å²) in [6, 6.07) is 8.74. The quantitative estimate of drug-likeness (QED) is 0.175. The minimum atomic E-state index is -1.28. The van der Waals surface area contributed by atoms with Crippen LogP contribution in [0.2, 0.25) is 0 Å². The fraction of sp³-hybridized carbons (Fsp3) is 0.500. The summed E-state index contributed by atoms with van der Waals surface area (Å²) in [4.78, 5) is 23.7. The third-order valence-electron chi connectivity index (χ3n) is 6.04. The maximum absolute atomic E-state index is 12.5. The predicted octanol–water partition coefficient (Wildman–Crippen LogP) is 7.32. The number of benzene rings is 2. The van der Waals surface area contributed by atoms with Crippen LogP contribution in [0.5, 0.6) is 11.5 Å². The lowest BCUT2D eigenvalue weighted by molar-refractivity contribution is 0.0494. The topological polar surface area (TPSA) is 104 Å². The molecule has 3 N–H and O–H groups in total. The Morgan fingerprint density at radius 1 is 0.676 bits per heavy atom. The molecule has 0 saturated heterocycles. The predicted molar refractivity (Wildman–Crippen MR) is 134 cm³/mol. The Balaban J connectivity index is 1.74. The molecule has 0 atom stereocenters. The molecule has 0 saturated carbocycles. The summed E-state index contributed by atoms with van der Waals surface area (Å²) < 4.78 is 5.33. The maximum atomic E-state index is 12.5. The molecule has 0 aromatic heterocycles. The molecule has 0 radical (unpaired) electrons. The SMILES string of the molecule is CCCCCCCCCCCCCCOC(=O)c1cccc(-c2cccc(C(=O)O)c2O)c1O. The lowest BCUT2D eigenvalue weighted by Crippen LogP contribution is -2.07. The highest BCUT2D eigenvalue weighted by atomic mass is 16.5. The molecule has 0 spiro atoms. The van der Waals surface area contributed by atoms with Gasteiger partial charge in [0, 0.05) is 11.1 Å². The molecule has 0 heterocycles. The van der Waals surface area contributed by atoms with Crippen LogP contribution in [0.4, 0.5) is 0 Å². The van der Waals surface area contributed by atoms with Crippen molar-refractivity contribution in [3.8, 4) is 22.6 Å². The van der Waals surface area contributed by atoms with Crippen LogP contribution in [0, 0.1) is 0 Å². The molecule has 0 aliphatic carbocycles. The minimum absolute atomic E-state index is 0.0171. The van der Waals surface area contributed by atoms with E-state index in [4.69, 9.17) is 4.74 Å². The second-order valence-electron chi connectivity index (χ2n) is 8.73. The van der Waals surface area contributed by atoms with Gasteiger partial charge in [0.25, 0.3) is 0 Å². The number of ether oxygens (including phenoxy) is 1. The summed E-state index contributed by atoms with van der Waals surface area (Å²) in [7, 11) is 0. The number of hydrogen-bond donors (Lipinski definition) is 3.